The van der Waals surface area contributed by atoms with Gasteiger partial charge in [-0.05, 0) is 13.8 Å². The molecule has 0 unspecified atom stereocenters. The number of pyridine rings is 1. The highest BCUT2D eigenvalue weighted by molar-refractivity contribution is 7.89. The summed E-state index contributed by atoms with van der Waals surface area (Å²) in [6, 6.07) is 0. The highest BCUT2D eigenvalue weighted by Gasteiger charge is 2.13. The summed E-state index contributed by atoms with van der Waals surface area (Å²) in [6.45, 7) is 4.22. The molecule has 20 heavy (non-hydrogen) atoms. The number of nitrogens with two attached hydrogens (primary N) is 1. The summed E-state index contributed by atoms with van der Waals surface area (Å²) in [5.74, 6) is 0.779. The van der Waals surface area contributed by atoms with Gasteiger partial charge in [0, 0.05) is 23.5 Å². The summed E-state index contributed by atoms with van der Waals surface area (Å²) in [5.41, 5.74) is 2.65. The molecule has 0 saturated heterocycles. The lowest BCUT2D eigenvalue weighted by Crippen LogP contribution is -2.12. The molecule has 0 bridgehead atoms. The fraction of sp³-hybridized carbons (Fsp3) is 0.333. The molecule has 0 aliphatic rings. The number of aryl methyl sites for hydroxylation is 1. The van der Waals surface area contributed by atoms with Gasteiger partial charge in [0.15, 0.2) is 5.03 Å². The van der Waals surface area contributed by atoms with Gasteiger partial charge in [0.05, 0.1) is 25.7 Å². The third-order valence-electron chi connectivity index (χ3n) is 2.98. The van der Waals surface area contributed by atoms with Gasteiger partial charge in [0.2, 0.25) is 0 Å². The zero-order valence-electron chi connectivity index (χ0n) is 11.5. The van der Waals surface area contributed by atoms with E-state index in [1.807, 2.05) is 13.8 Å². The smallest absolute Gasteiger partial charge is 0.257 e. The van der Waals surface area contributed by atoms with Gasteiger partial charge < -0.3 is 9.30 Å². The first kappa shape index (κ1) is 14.5. The van der Waals surface area contributed by atoms with E-state index in [-0.39, 0.29) is 5.03 Å². The maximum absolute atomic E-state index is 11.2. The van der Waals surface area contributed by atoms with Crippen LogP contribution in [0.25, 0.3) is 0 Å². The summed E-state index contributed by atoms with van der Waals surface area (Å²) in [4.78, 5) is 8.11. The number of sulfonamides is 1. The van der Waals surface area contributed by atoms with Gasteiger partial charge >= 0.3 is 0 Å². The summed E-state index contributed by atoms with van der Waals surface area (Å²) >= 11 is 0. The molecule has 0 saturated carbocycles. The minimum atomic E-state index is -3.78. The summed E-state index contributed by atoms with van der Waals surface area (Å²) in [6.07, 6.45) is 4.51. The summed E-state index contributed by atoms with van der Waals surface area (Å²) in [5, 5.41) is 4.86. The fourth-order valence-corrected chi connectivity index (χ4v) is 2.45. The summed E-state index contributed by atoms with van der Waals surface area (Å²) < 4.78 is 29.3. The predicted molar refractivity (Wildman–Crippen MR) is 73.0 cm³/mol. The Bertz CT molecular complexity index is 737. The second-order valence-electron chi connectivity index (χ2n) is 4.48. The van der Waals surface area contributed by atoms with E-state index in [2.05, 4.69) is 9.97 Å². The van der Waals surface area contributed by atoms with Gasteiger partial charge in [-0.25, -0.2) is 18.5 Å². The Morgan fingerprint density at radius 1 is 1.35 bits per heavy atom. The average Bonchev–Trinajstić information content (AvgIpc) is 2.82. The van der Waals surface area contributed by atoms with Crippen molar-refractivity contribution in [3.8, 4) is 5.75 Å². The SMILES string of the molecule is COc1c(C)cnc(Cn2cnc(S(N)(=O)=O)c2)c1C. The number of methoxy groups -OCH3 is 1. The highest BCUT2D eigenvalue weighted by atomic mass is 32.2. The van der Waals surface area contributed by atoms with Gasteiger partial charge in [0.1, 0.15) is 5.75 Å². The number of aromatic nitrogens is 3. The van der Waals surface area contributed by atoms with Gasteiger partial charge in [-0.3, -0.25) is 4.98 Å². The largest absolute Gasteiger partial charge is 0.496 e. The van der Waals surface area contributed by atoms with Crippen LogP contribution in [0.5, 0.6) is 5.75 Å². The standard InChI is InChI=1S/C12H16N4O3S/c1-8-4-14-10(9(2)12(8)19-3)5-16-6-11(15-7-16)20(13,17)18/h4,6-7H,5H2,1-3H3,(H2,13,17,18). The normalized spacial score (nSPS) is 11.6. The van der Waals surface area contributed by atoms with Crippen molar-refractivity contribution < 1.29 is 13.2 Å². The van der Waals surface area contributed by atoms with E-state index in [4.69, 9.17) is 9.88 Å². The van der Waals surface area contributed by atoms with Crippen LogP contribution in [-0.2, 0) is 16.6 Å². The first-order valence-corrected chi connectivity index (χ1v) is 7.41. The Kier molecular flexibility index (Phi) is 3.78. The number of ether oxygens (including phenoxy) is 1. The number of hydrogen-bond acceptors (Lipinski definition) is 5. The molecule has 0 fully saturated rings. The van der Waals surface area contributed by atoms with E-state index >= 15 is 0 Å². The summed E-state index contributed by atoms with van der Waals surface area (Å²) in [7, 11) is -2.17. The van der Waals surface area contributed by atoms with E-state index in [1.165, 1.54) is 12.5 Å². The molecule has 0 radical (unpaired) electrons. The van der Waals surface area contributed by atoms with Crippen LogP contribution in [-0.4, -0.2) is 30.1 Å². The Morgan fingerprint density at radius 2 is 2.05 bits per heavy atom. The van der Waals surface area contributed by atoms with Crippen molar-refractivity contribution in [2.24, 2.45) is 5.14 Å². The van der Waals surface area contributed by atoms with Crippen LogP contribution < -0.4 is 9.88 Å². The number of nitrogens with zero attached hydrogens (tertiary/aromatic N) is 3. The Balaban J connectivity index is 2.34. The zero-order valence-corrected chi connectivity index (χ0v) is 12.3. The van der Waals surface area contributed by atoms with Crippen molar-refractivity contribution in [3.63, 3.8) is 0 Å². The minimum Gasteiger partial charge on any atom is -0.496 e. The maximum atomic E-state index is 11.2. The quantitative estimate of drug-likeness (QED) is 0.890. The van der Waals surface area contributed by atoms with Gasteiger partial charge in [-0.1, -0.05) is 0 Å². The highest BCUT2D eigenvalue weighted by Crippen LogP contribution is 2.24. The monoisotopic (exact) mass is 296 g/mol. The number of rotatable bonds is 4. The lowest BCUT2D eigenvalue weighted by Gasteiger charge is -2.12. The number of hydrogen-bond donors (Lipinski definition) is 1. The first-order chi connectivity index (χ1) is 9.32. The van der Waals surface area contributed by atoms with Crippen molar-refractivity contribution >= 4 is 10.0 Å². The van der Waals surface area contributed by atoms with Crippen molar-refractivity contribution in [1.29, 1.82) is 0 Å². The van der Waals surface area contributed by atoms with E-state index < -0.39 is 10.0 Å². The second-order valence-corrected chi connectivity index (χ2v) is 5.98. The molecule has 7 nitrogen and oxygen atoms in total. The van der Waals surface area contributed by atoms with Crippen molar-refractivity contribution in [1.82, 2.24) is 14.5 Å². The van der Waals surface area contributed by atoms with E-state index in [0.717, 1.165) is 22.6 Å². The van der Waals surface area contributed by atoms with Crippen LogP contribution in [0.4, 0.5) is 0 Å². The molecule has 2 N–H and O–H groups in total. The molecule has 0 aromatic carbocycles. The lowest BCUT2D eigenvalue weighted by atomic mass is 10.1. The number of primary sulfonamides is 1. The fourth-order valence-electron chi connectivity index (χ4n) is 1.98. The Hall–Kier alpha value is -1.93. The molecular weight excluding hydrogens is 280 g/mol. The molecule has 0 atom stereocenters. The van der Waals surface area contributed by atoms with Crippen molar-refractivity contribution in [2.45, 2.75) is 25.4 Å². The molecule has 0 amide bonds. The van der Waals surface area contributed by atoms with Crippen LogP contribution in [0.15, 0.2) is 23.7 Å². The third-order valence-corrected chi connectivity index (χ3v) is 3.78. The molecule has 0 spiro atoms. The van der Waals surface area contributed by atoms with E-state index in [1.54, 1.807) is 17.9 Å². The second kappa shape index (κ2) is 5.22. The molecule has 0 aliphatic carbocycles. The lowest BCUT2D eigenvalue weighted by molar-refractivity contribution is 0.406. The Labute approximate surface area is 117 Å². The first-order valence-electron chi connectivity index (χ1n) is 5.86. The van der Waals surface area contributed by atoms with E-state index in [9.17, 15) is 8.42 Å². The average molecular weight is 296 g/mol. The van der Waals surface area contributed by atoms with Crippen LogP contribution in [0, 0.1) is 13.8 Å². The van der Waals surface area contributed by atoms with Crippen LogP contribution in [0.2, 0.25) is 0 Å². The Morgan fingerprint density at radius 3 is 2.60 bits per heavy atom. The predicted octanol–water partition coefficient (Wildman–Crippen LogP) is 0.599. The maximum Gasteiger partial charge on any atom is 0.257 e. The van der Waals surface area contributed by atoms with Crippen LogP contribution >= 0.6 is 0 Å². The molecule has 108 valence electrons. The third kappa shape index (κ3) is 2.81. The van der Waals surface area contributed by atoms with Crippen LogP contribution in [0.1, 0.15) is 16.8 Å². The minimum absolute atomic E-state index is 0.158. The molecule has 2 heterocycles. The van der Waals surface area contributed by atoms with Crippen molar-refractivity contribution in [2.75, 3.05) is 7.11 Å². The molecular formula is C12H16N4O3S. The van der Waals surface area contributed by atoms with E-state index in [0.29, 0.717) is 6.54 Å². The zero-order chi connectivity index (χ0) is 14.9. The van der Waals surface area contributed by atoms with Gasteiger partial charge in [-0.15, -0.1) is 0 Å². The molecule has 8 heteroatoms. The van der Waals surface area contributed by atoms with Gasteiger partial charge in [-0.2, -0.15) is 0 Å². The molecule has 2 aromatic rings. The van der Waals surface area contributed by atoms with Gasteiger partial charge in [0.25, 0.3) is 10.0 Å². The van der Waals surface area contributed by atoms with Crippen LogP contribution in [0.3, 0.4) is 0 Å². The number of imidazole rings is 1. The van der Waals surface area contributed by atoms with Crippen molar-refractivity contribution in [3.05, 3.63) is 35.5 Å². The molecule has 2 rings (SSSR count). The topological polar surface area (TPSA) is 100 Å². The molecule has 0 aliphatic heterocycles. The molecule has 2 aromatic heterocycles.